The zero-order valence-electron chi connectivity index (χ0n) is 10.4. The molecule has 1 aromatic rings. The SMILES string of the molecule is CC(C)Oc1ccc([N+](=O)[O-])cc1[CH2][Ru]([Cl])([Cl])([Cl])([Cl])[Cl]. The summed E-state index contributed by atoms with van der Waals surface area (Å²) in [5.74, 6) is 0.347. The van der Waals surface area contributed by atoms with E-state index in [1.165, 1.54) is 18.2 Å². The van der Waals surface area contributed by atoms with Gasteiger partial charge in [-0.15, -0.1) is 0 Å². The van der Waals surface area contributed by atoms with Gasteiger partial charge in [0.05, 0.1) is 0 Å². The second-order valence-electron chi connectivity index (χ2n) is 4.32. The third kappa shape index (κ3) is 6.97. The molecule has 1 aromatic carbocycles. The topological polar surface area (TPSA) is 52.4 Å². The summed E-state index contributed by atoms with van der Waals surface area (Å²) in [7, 11) is 24.1. The predicted molar refractivity (Wildman–Crippen MR) is 81.8 cm³/mol. The van der Waals surface area contributed by atoms with Crippen molar-refractivity contribution in [2.24, 2.45) is 0 Å². The van der Waals surface area contributed by atoms with Crippen LogP contribution in [0.5, 0.6) is 5.75 Å². The van der Waals surface area contributed by atoms with Gasteiger partial charge in [-0.2, -0.15) is 0 Å². The molecule has 0 unspecified atom stereocenters. The molecule has 118 valence electrons. The molecule has 10 heteroatoms. The van der Waals surface area contributed by atoms with Gasteiger partial charge in [0.2, 0.25) is 0 Å². The van der Waals surface area contributed by atoms with Crippen LogP contribution in [0.3, 0.4) is 0 Å². The molecule has 4 nitrogen and oxygen atoms in total. The van der Waals surface area contributed by atoms with Crippen molar-refractivity contribution < 1.29 is 17.1 Å². The summed E-state index contributed by atoms with van der Waals surface area (Å²) in [5, 5.41) is 10.5. The predicted octanol–water partition coefficient (Wildman–Crippen LogP) is 5.88. The van der Waals surface area contributed by atoms with Crippen LogP contribution in [-0.2, 0) is 12.5 Å². The number of nitro groups is 1. The molecule has 0 N–H and O–H groups in total. The maximum absolute atomic E-state index is 10.8. The van der Waals surface area contributed by atoms with Crippen LogP contribution < -0.4 is 4.74 Å². The van der Waals surface area contributed by atoms with E-state index in [-0.39, 0.29) is 22.4 Å². The van der Waals surface area contributed by atoms with E-state index in [0.717, 1.165) is 0 Å². The van der Waals surface area contributed by atoms with Crippen molar-refractivity contribution in [1.29, 1.82) is 0 Å². The Bertz CT molecular complexity index is 543. The normalized spacial score (nSPS) is 15.6. The molecule has 0 aliphatic rings. The van der Waals surface area contributed by atoms with Crippen molar-refractivity contribution >= 4 is 54.1 Å². The van der Waals surface area contributed by atoms with Gasteiger partial charge in [-0.05, 0) is 0 Å². The number of halogens is 5. The van der Waals surface area contributed by atoms with E-state index < -0.39 is 12.4 Å². The number of nitrogens with zero attached hydrogens (tertiary/aromatic N) is 1. The zero-order valence-corrected chi connectivity index (χ0v) is 15.9. The molecular weight excluding hydrogens is 460 g/mol. The standard InChI is InChI=1S/C10H12NO3.5ClH.Ru/c1-7(2)14-10-5-4-9(11(12)13)6-8(10)3;;;;;;/h4-7H,3H2,1-2H3;5*1H;/q;;;;;;+5/p-5. The second-order valence-corrected chi connectivity index (χ2v) is 39.2. The molecule has 0 saturated heterocycles. The summed E-state index contributed by atoms with van der Waals surface area (Å²) >= 11 is 0. The molecule has 0 heterocycles. The summed E-state index contributed by atoms with van der Waals surface area (Å²) in [4.78, 5) is 10.3. The van der Waals surface area contributed by atoms with E-state index >= 15 is 0 Å². The first-order valence-electron chi connectivity index (χ1n) is 5.19. The molecule has 0 aliphatic carbocycles. The summed E-state index contributed by atoms with van der Waals surface area (Å²) in [6, 6.07) is 3.98. The van der Waals surface area contributed by atoms with E-state index in [4.69, 9.17) is 53.2 Å². The van der Waals surface area contributed by atoms with Crippen LogP contribution in [-0.4, -0.2) is 11.0 Å². The first kappa shape index (κ1) is 18.5. The Kier molecular flexibility index (Phi) is 4.91. The first-order valence-corrected chi connectivity index (χ1v) is 17.6. The molecule has 0 amide bonds. The Hall–Kier alpha value is 0.493. The van der Waals surface area contributed by atoms with Gasteiger partial charge in [0, 0.05) is 0 Å². The van der Waals surface area contributed by atoms with Gasteiger partial charge in [-0.3, -0.25) is 0 Å². The van der Waals surface area contributed by atoms with Crippen molar-refractivity contribution in [3.8, 4) is 5.75 Å². The molecule has 0 radical (unpaired) electrons. The number of non-ortho nitro benzene ring substituents is 1. The molecule has 0 saturated carbocycles. The van der Waals surface area contributed by atoms with Crippen molar-refractivity contribution in [1.82, 2.24) is 0 Å². The van der Waals surface area contributed by atoms with Crippen molar-refractivity contribution in [2.45, 2.75) is 25.0 Å². The minimum atomic E-state index is -5.58. The molecule has 0 spiro atoms. The fourth-order valence-electron chi connectivity index (χ4n) is 1.40. The van der Waals surface area contributed by atoms with Crippen molar-refractivity contribution in [2.75, 3.05) is 0 Å². The number of nitro benzene ring substituents is 1. The van der Waals surface area contributed by atoms with Gasteiger partial charge in [0.25, 0.3) is 0 Å². The monoisotopic (exact) mass is 471 g/mol. The van der Waals surface area contributed by atoms with Crippen molar-refractivity contribution in [3.05, 3.63) is 33.9 Å². The van der Waals surface area contributed by atoms with Crippen LogP contribution >= 0.6 is 48.5 Å². The summed E-state index contributed by atoms with van der Waals surface area (Å²) in [6.45, 7) is 3.60. The van der Waals surface area contributed by atoms with E-state index in [0.29, 0.717) is 5.75 Å². The number of ether oxygens (including phenoxy) is 1. The molecule has 0 aromatic heterocycles. The molecule has 20 heavy (non-hydrogen) atoms. The van der Waals surface area contributed by atoms with E-state index in [2.05, 4.69) is 0 Å². The zero-order chi connectivity index (χ0) is 15.8. The number of hydrogen-bond donors (Lipinski definition) is 0. The average Bonchev–Trinajstić information content (AvgIpc) is 2.15. The first-order chi connectivity index (χ1) is 8.66. The van der Waals surface area contributed by atoms with Gasteiger partial charge >= 0.3 is 136 Å². The fourth-order valence-corrected chi connectivity index (χ4v) is 6.14. The van der Waals surface area contributed by atoms with Crippen LogP contribution in [0.25, 0.3) is 0 Å². The quantitative estimate of drug-likeness (QED) is 0.306. The van der Waals surface area contributed by atoms with Gasteiger partial charge in [-0.1, -0.05) is 0 Å². The van der Waals surface area contributed by atoms with Gasteiger partial charge in [0.1, 0.15) is 0 Å². The second kappa shape index (κ2) is 5.29. The van der Waals surface area contributed by atoms with Crippen LogP contribution in [0.2, 0.25) is 0 Å². The average molecular weight is 473 g/mol. The molecule has 0 atom stereocenters. The molecule has 1 rings (SSSR count). The van der Waals surface area contributed by atoms with E-state index in [1.54, 1.807) is 13.8 Å². The van der Waals surface area contributed by atoms with Crippen LogP contribution in [0.15, 0.2) is 18.2 Å². The summed E-state index contributed by atoms with van der Waals surface area (Å²) in [5.41, 5.74) is 0.128. The molecule has 0 aliphatic heterocycles. The van der Waals surface area contributed by atoms with Crippen LogP contribution in [0.1, 0.15) is 19.4 Å². The fraction of sp³-hybridized carbons (Fsp3) is 0.400. The Morgan fingerprint density at radius 1 is 1.25 bits per heavy atom. The Balaban J connectivity index is 3.33. The van der Waals surface area contributed by atoms with Crippen LogP contribution in [0, 0.1) is 10.1 Å². The maximum atomic E-state index is 10.8. The number of benzene rings is 1. The van der Waals surface area contributed by atoms with Gasteiger partial charge < -0.3 is 0 Å². The molecular formula is C10H12Cl5NO3Ru. The van der Waals surface area contributed by atoms with Crippen LogP contribution in [0.4, 0.5) is 5.69 Å². The molecule has 0 bridgehead atoms. The third-order valence-corrected chi connectivity index (χ3v) is 6.61. The Morgan fingerprint density at radius 3 is 2.20 bits per heavy atom. The Morgan fingerprint density at radius 2 is 1.80 bits per heavy atom. The third-order valence-electron chi connectivity index (χ3n) is 1.99. The Labute approximate surface area is 135 Å². The number of hydrogen-bond acceptors (Lipinski definition) is 3. The van der Waals surface area contributed by atoms with E-state index in [9.17, 15) is 10.1 Å². The van der Waals surface area contributed by atoms with E-state index in [1.807, 2.05) is 0 Å². The minimum absolute atomic E-state index is 0.158. The molecule has 0 fully saturated rings. The number of rotatable bonds is 5. The van der Waals surface area contributed by atoms with Crippen molar-refractivity contribution in [3.63, 3.8) is 0 Å². The van der Waals surface area contributed by atoms with Gasteiger partial charge in [0.15, 0.2) is 0 Å². The van der Waals surface area contributed by atoms with Gasteiger partial charge in [-0.25, -0.2) is 0 Å². The summed E-state index contributed by atoms with van der Waals surface area (Å²) in [6.07, 6.45) is -0.158. The summed E-state index contributed by atoms with van der Waals surface area (Å²) < 4.78 is 5.53.